The van der Waals surface area contributed by atoms with Crippen LogP contribution in [-0.4, -0.2) is 6.71 Å². The second-order valence-corrected chi connectivity index (χ2v) is 36.2. The number of hydrogen-bond acceptors (Lipinski definition) is 5. The fourth-order valence-corrected chi connectivity index (χ4v) is 17.8. The smallest absolute Gasteiger partial charge is 0.252 e. The third-order valence-corrected chi connectivity index (χ3v) is 24.1. The average molecular weight is 1490 g/mol. The first kappa shape index (κ1) is 73.8. The Balaban J connectivity index is 1.00. The zero-order valence-electron chi connectivity index (χ0n) is 68.7. The van der Waals surface area contributed by atoms with Gasteiger partial charge < -0.3 is 24.3 Å². The molecule has 115 heavy (non-hydrogen) atoms. The van der Waals surface area contributed by atoms with Gasteiger partial charge in [-0.25, -0.2) is 0 Å². The standard InChI is InChI=1S/C109H99BN4O/c1-105(2,3)78-46-54-82(55-47-78)111(83-56-48-79(49-57-83)106(4,5)6)86-62-65-94-96(70-86)113(103-88(72-31-19-15-20-32-72)39-29-40-89(103)73-33-21-16-22-34-73)98-67-77(76-45-64-93-101(69-76)115-100-44-28-27-43-92(100)109(93,13)14)68-99-102(98)110(94)95-66-63-87(112(84-58-50-80(51-59-84)107(7,8)9)85-60-52-81(53-61-85)108(10,11)12)71-97(95)114(99)104-90(74-35-23-17-24-36-74)41-30-42-91(104)75-37-25-18-26-38-75/h15-71H,1-14H3. The molecule has 0 atom stereocenters. The molecule has 0 aliphatic carbocycles. The molecule has 0 N–H and O–H groups in total. The number of hydrogen-bond donors (Lipinski definition) is 0. The largest absolute Gasteiger partial charge is 0.457 e. The van der Waals surface area contributed by atoms with Gasteiger partial charge in [0.1, 0.15) is 11.5 Å². The van der Waals surface area contributed by atoms with E-state index in [0.29, 0.717) is 0 Å². The van der Waals surface area contributed by atoms with Crippen LogP contribution in [0.3, 0.4) is 0 Å². The number of para-hydroxylation sites is 3. The lowest BCUT2D eigenvalue weighted by Gasteiger charge is -2.46. The Labute approximate surface area is 681 Å². The molecule has 3 aliphatic rings. The molecule has 3 aliphatic heterocycles. The summed E-state index contributed by atoms with van der Waals surface area (Å²) in [7, 11) is 0. The molecule has 18 rings (SSSR count). The van der Waals surface area contributed by atoms with Gasteiger partial charge in [-0.15, -0.1) is 0 Å². The first-order chi connectivity index (χ1) is 55.3. The van der Waals surface area contributed by atoms with Crippen molar-refractivity contribution in [1.29, 1.82) is 0 Å². The molecule has 0 saturated carbocycles. The van der Waals surface area contributed by atoms with Crippen LogP contribution in [0.5, 0.6) is 11.5 Å². The van der Waals surface area contributed by atoms with Gasteiger partial charge in [0.25, 0.3) is 6.71 Å². The van der Waals surface area contributed by atoms with Gasteiger partial charge in [0.15, 0.2) is 0 Å². The molecule has 6 heteroatoms. The minimum Gasteiger partial charge on any atom is -0.457 e. The van der Waals surface area contributed by atoms with Crippen molar-refractivity contribution in [3.05, 3.63) is 379 Å². The number of ether oxygens (including phenoxy) is 1. The van der Waals surface area contributed by atoms with Crippen molar-refractivity contribution in [3.8, 4) is 67.1 Å². The molecular weight excluding hydrogens is 1390 g/mol. The van der Waals surface area contributed by atoms with Crippen molar-refractivity contribution in [1.82, 2.24) is 0 Å². The quantitative estimate of drug-likeness (QED) is 0.107. The van der Waals surface area contributed by atoms with E-state index >= 15 is 0 Å². The van der Waals surface area contributed by atoms with Crippen molar-refractivity contribution in [2.75, 3.05) is 19.6 Å². The van der Waals surface area contributed by atoms with E-state index in [2.05, 4.69) is 462 Å². The molecular formula is C109H99BN4O. The molecule has 3 heterocycles. The van der Waals surface area contributed by atoms with Gasteiger partial charge in [0.2, 0.25) is 0 Å². The van der Waals surface area contributed by atoms with E-state index < -0.39 is 0 Å². The van der Waals surface area contributed by atoms with E-state index in [1.807, 2.05) is 0 Å². The van der Waals surface area contributed by atoms with E-state index in [1.54, 1.807) is 0 Å². The van der Waals surface area contributed by atoms with Gasteiger partial charge in [-0.2, -0.15) is 0 Å². The van der Waals surface area contributed by atoms with Crippen molar-refractivity contribution in [2.24, 2.45) is 0 Å². The third kappa shape index (κ3) is 13.4. The summed E-state index contributed by atoms with van der Waals surface area (Å²) >= 11 is 0. The first-order valence-corrected chi connectivity index (χ1v) is 40.8. The number of anilines is 12. The average Bonchev–Trinajstić information content (AvgIpc) is 0.687. The van der Waals surface area contributed by atoms with Crippen LogP contribution < -0.4 is 40.7 Å². The van der Waals surface area contributed by atoms with Crippen LogP contribution in [0.2, 0.25) is 0 Å². The highest BCUT2D eigenvalue weighted by Crippen LogP contribution is 2.57. The Hall–Kier alpha value is -12.6. The maximum absolute atomic E-state index is 7.18. The summed E-state index contributed by atoms with van der Waals surface area (Å²) in [6.45, 7) is 31.9. The summed E-state index contributed by atoms with van der Waals surface area (Å²) in [6.07, 6.45) is 0. The van der Waals surface area contributed by atoms with Gasteiger partial charge in [-0.1, -0.05) is 346 Å². The Morgan fingerprint density at radius 1 is 0.261 bits per heavy atom. The zero-order valence-corrected chi connectivity index (χ0v) is 68.7. The molecule has 5 nitrogen and oxygen atoms in total. The van der Waals surface area contributed by atoms with Crippen LogP contribution in [-0.2, 0) is 27.1 Å². The van der Waals surface area contributed by atoms with Crippen molar-refractivity contribution >= 4 is 91.3 Å². The molecule has 0 amide bonds. The fraction of sp³-hybridized carbons (Fsp3) is 0.174. The second kappa shape index (κ2) is 28.5. The number of nitrogens with zero attached hydrogens (tertiary/aromatic N) is 4. The third-order valence-electron chi connectivity index (χ3n) is 24.1. The Bertz CT molecular complexity index is 5610. The fourth-order valence-electron chi connectivity index (χ4n) is 17.8. The maximum atomic E-state index is 7.18. The molecule has 0 bridgehead atoms. The minimum absolute atomic E-state index is 0.0566. The normalized spacial score (nSPS) is 13.4. The predicted molar refractivity (Wildman–Crippen MR) is 490 cm³/mol. The summed E-state index contributed by atoms with van der Waals surface area (Å²) in [6, 6.07) is 131. The highest BCUT2D eigenvalue weighted by Gasteiger charge is 2.47. The monoisotopic (exact) mass is 1490 g/mol. The zero-order chi connectivity index (χ0) is 79.5. The SMILES string of the molecule is CC(C)(C)c1ccc(N(c2ccc(C(C)(C)C)cc2)c2ccc3c(c2)N(c2c(-c4ccccc4)cccc2-c2ccccc2)c2cc(-c4ccc5c(c4)Oc4ccccc4C5(C)C)cc4c2B3c2ccc(N(c3ccc(C(C)(C)C)cc3)c3ccc(C(C)(C)C)cc3)cc2N4c2c(-c3ccccc3)cccc2-c2ccccc2)cc1. The molecule has 564 valence electrons. The van der Waals surface area contributed by atoms with Crippen LogP contribution in [0.1, 0.15) is 130 Å². The summed E-state index contributed by atoms with van der Waals surface area (Å²) in [5.41, 5.74) is 34.2. The minimum atomic E-state index is -0.341. The summed E-state index contributed by atoms with van der Waals surface area (Å²) in [4.78, 5) is 10.3. The van der Waals surface area contributed by atoms with Crippen LogP contribution >= 0.6 is 0 Å². The Morgan fingerprint density at radius 2 is 0.574 bits per heavy atom. The number of fused-ring (bicyclic) bond motifs is 6. The van der Waals surface area contributed by atoms with Gasteiger partial charge in [0, 0.05) is 95.7 Å². The summed E-state index contributed by atoms with van der Waals surface area (Å²) < 4.78 is 7.18. The lowest BCUT2D eigenvalue weighted by molar-refractivity contribution is 0.418. The molecule has 0 unspecified atom stereocenters. The van der Waals surface area contributed by atoms with Crippen molar-refractivity contribution in [3.63, 3.8) is 0 Å². The summed E-state index contributed by atoms with van der Waals surface area (Å²) in [5.74, 6) is 1.73. The van der Waals surface area contributed by atoms with Gasteiger partial charge in [0.05, 0.1) is 11.4 Å². The first-order valence-electron chi connectivity index (χ1n) is 40.8. The summed E-state index contributed by atoms with van der Waals surface area (Å²) in [5, 5.41) is 0. The Morgan fingerprint density at radius 3 is 0.913 bits per heavy atom. The Kier molecular flexibility index (Phi) is 18.3. The molecule has 0 radical (unpaired) electrons. The molecule has 0 spiro atoms. The lowest BCUT2D eigenvalue weighted by Crippen LogP contribution is -2.61. The van der Waals surface area contributed by atoms with E-state index in [9.17, 15) is 0 Å². The highest BCUT2D eigenvalue weighted by atomic mass is 16.5. The van der Waals surface area contributed by atoms with Crippen LogP contribution in [0, 0.1) is 0 Å². The molecule has 0 fully saturated rings. The van der Waals surface area contributed by atoms with Crippen LogP contribution in [0.15, 0.2) is 346 Å². The van der Waals surface area contributed by atoms with Gasteiger partial charge in [-0.05, 0) is 191 Å². The van der Waals surface area contributed by atoms with E-state index in [-0.39, 0.29) is 33.8 Å². The van der Waals surface area contributed by atoms with Crippen molar-refractivity contribution < 1.29 is 4.74 Å². The number of rotatable bonds is 13. The molecule has 15 aromatic carbocycles. The molecule has 0 saturated heterocycles. The maximum Gasteiger partial charge on any atom is 0.252 e. The van der Waals surface area contributed by atoms with Gasteiger partial charge in [-0.3, -0.25) is 0 Å². The molecule has 15 aromatic rings. The highest BCUT2D eigenvalue weighted by molar-refractivity contribution is 7.00. The van der Waals surface area contributed by atoms with E-state index in [4.69, 9.17) is 4.74 Å². The number of benzene rings is 15. The second-order valence-electron chi connectivity index (χ2n) is 36.2. The predicted octanol–water partition coefficient (Wildman–Crippen LogP) is 28.7. The van der Waals surface area contributed by atoms with E-state index in [0.717, 1.165) is 141 Å². The topological polar surface area (TPSA) is 22.2 Å². The lowest BCUT2D eigenvalue weighted by atomic mass is 9.33. The van der Waals surface area contributed by atoms with Crippen LogP contribution in [0.4, 0.5) is 68.2 Å². The van der Waals surface area contributed by atoms with E-state index in [1.165, 1.54) is 44.2 Å². The van der Waals surface area contributed by atoms with Gasteiger partial charge >= 0.3 is 0 Å². The van der Waals surface area contributed by atoms with Crippen molar-refractivity contribution in [2.45, 2.75) is 124 Å². The van der Waals surface area contributed by atoms with Crippen LogP contribution in [0.25, 0.3) is 55.6 Å². The molecule has 0 aromatic heterocycles.